The summed E-state index contributed by atoms with van der Waals surface area (Å²) in [5, 5.41) is 0.906. The molecule has 23 heavy (non-hydrogen) atoms. The van der Waals surface area contributed by atoms with Gasteiger partial charge in [-0.1, -0.05) is 30.3 Å². The minimum atomic E-state index is 0.0467. The summed E-state index contributed by atoms with van der Waals surface area (Å²) in [7, 11) is 2.01. The van der Waals surface area contributed by atoms with Gasteiger partial charge in [0.2, 0.25) is 5.71 Å². The second kappa shape index (κ2) is 5.94. The zero-order valence-corrected chi connectivity index (χ0v) is 14.3. The Kier molecular flexibility index (Phi) is 3.79. The van der Waals surface area contributed by atoms with Gasteiger partial charge in [0.15, 0.2) is 4.67 Å². The fraction of sp³-hybridized carbons (Fsp3) is 0.294. The molecule has 3 aromatic rings. The molecule has 0 bridgehead atoms. The van der Waals surface area contributed by atoms with Crippen LogP contribution in [0.5, 0.6) is 0 Å². The molecule has 0 amide bonds. The first-order valence-corrected chi connectivity index (χ1v) is 8.38. The van der Waals surface area contributed by atoms with Crippen molar-refractivity contribution in [3.63, 3.8) is 0 Å². The fourth-order valence-electron chi connectivity index (χ4n) is 3.02. The molecule has 6 heteroatoms. The maximum atomic E-state index is 5.80. The molecule has 0 aliphatic carbocycles. The largest absolute Gasteiger partial charge is 0.430 e. The van der Waals surface area contributed by atoms with Crippen molar-refractivity contribution in [1.82, 2.24) is 9.97 Å². The topological polar surface area (TPSA) is 51.4 Å². The first-order valence-electron chi connectivity index (χ1n) is 7.58. The number of rotatable bonds is 3. The zero-order chi connectivity index (χ0) is 15.8. The SMILES string of the molecule is CN(c1ncnc2oc(Br)c(-c3ccccc3)c12)C1CCCO1. The van der Waals surface area contributed by atoms with Crippen LogP contribution in [-0.2, 0) is 4.74 Å². The van der Waals surface area contributed by atoms with Crippen LogP contribution in [0.4, 0.5) is 5.82 Å². The molecule has 1 unspecified atom stereocenters. The maximum absolute atomic E-state index is 5.80. The number of furan rings is 1. The van der Waals surface area contributed by atoms with Gasteiger partial charge in [-0.2, -0.15) is 0 Å². The number of hydrogen-bond donors (Lipinski definition) is 0. The maximum Gasteiger partial charge on any atom is 0.233 e. The second-order valence-corrected chi connectivity index (χ2v) is 6.29. The van der Waals surface area contributed by atoms with Crippen LogP contribution in [0.15, 0.2) is 45.7 Å². The highest BCUT2D eigenvalue weighted by Crippen LogP contribution is 2.41. The molecule has 1 aromatic carbocycles. The van der Waals surface area contributed by atoms with E-state index in [1.165, 1.54) is 6.33 Å². The van der Waals surface area contributed by atoms with Crippen molar-refractivity contribution in [3.8, 4) is 11.1 Å². The van der Waals surface area contributed by atoms with Gasteiger partial charge >= 0.3 is 0 Å². The van der Waals surface area contributed by atoms with Crippen LogP contribution in [0.3, 0.4) is 0 Å². The molecule has 1 saturated heterocycles. The van der Waals surface area contributed by atoms with E-state index in [2.05, 4.69) is 42.9 Å². The van der Waals surface area contributed by atoms with E-state index in [4.69, 9.17) is 9.15 Å². The molecule has 5 nitrogen and oxygen atoms in total. The Morgan fingerprint density at radius 1 is 1.22 bits per heavy atom. The van der Waals surface area contributed by atoms with E-state index in [0.717, 1.165) is 41.8 Å². The third kappa shape index (κ3) is 2.52. The normalized spacial score (nSPS) is 17.7. The molecule has 1 fully saturated rings. The van der Waals surface area contributed by atoms with E-state index in [1.54, 1.807) is 0 Å². The first kappa shape index (κ1) is 14.7. The summed E-state index contributed by atoms with van der Waals surface area (Å²) < 4.78 is 12.3. The van der Waals surface area contributed by atoms with Crippen LogP contribution in [0.2, 0.25) is 0 Å². The lowest BCUT2D eigenvalue weighted by Gasteiger charge is -2.25. The monoisotopic (exact) mass is 373 g/mol. The summed E-state index contributed by atoms with van der Waals surface area (Å²) >= 11 is 3.53. The number of hydrogen-bond acceptors (Lipinski definition) is 5. The molecule has 0 radical (unpaired) electrons. The molecule has 1 atom stereocenters. The quantitative estimate of drug-likeness (QED) is 0.687. The number of halogens is 1. The van der Waals surface area contributed by atoms with Crippen LogP contribution in [0, 0.1) is 0 Å². The molecule has 0 spiro atoms. The van der Waals surface area contributed by atoms with E-state index in [9.17, 15) is 0 Å². The molecular weight excluding hydrogens is 358 g/mol. The summed E-state index contributed by atoms with van der Waals surface area (Å²) in [6.45, 7) is 0.795. The predicted molar refractivity (Wildman–Crippen MR) is 92.3 cm³/mol. The number of nitrogens with zero attached hydrogens (tertiary/aromatic N) is 3. The molecule has 0 saturated carbocycles. The Balaban J connectivity index is 1.91. The minimum absolute atomic E-state index is 0.0467. The van der Waals surface area contributed by atoms with Gasteiger partial charge in [0.1, 0.15) is 18.4 Å². The van der Waals surface area contributed by atoms with E-state index >= 15 is 0 Å². The lowest BCUT2D eigenvalue weighted by molar-refractivity contribution is 0.111. The van der Waals surface area contributed by atoms with Gasteiger partial charge in [0.05, 0.1) is 5.39 Å². The van der Waals surface area contributed by atoms with E-state index in [1.807, 2.05) is 25.2 Å². The van der Waals surface area contributed by atoms with Crippen LogP contribution in [-0.4, -0.2) is 29.9 Å². The number of benzene rings is 1. The molecule has 1 aliphatic rings. The van der Waals surface area contributed by atoms with Gasteiger partial charge < -0.3 is 14.1 Å². The Morgan fingerprint density at radius 3 is 2.78 bits per heavy atom. The van der Waals surface area contributed by atoms with Gasteiger partial charge in [-0.05, 0) is 34.3 Å². The van der Waals surface area contributed by atoms with Crippen LogP contribution >= 0.6 is 15.9 Å². The van der Waals surface area contributed by atoms with Gasteiger partial charge in [-0.15, -0.1) is 0 Å². The summed E-state index contributed by atoms with van der Waals surface area (Å²) in [6.07, 6.45) is 3.66. The highest BCUT2D eigenvalue weighted by atomic mass is 79.9. The zero-order valence-electron chi connectivity index (χ0n) is 12.7. The fourth-order valence-corrected chi connectivity index (χ4v) is 3.60. The molecular formula is C17H16BrN3O2. The van der Waals surface area contributed by atoms with Gasteiger partial charge in [0.25, 0.3) is 0 Å². The smallest absolute Gasteiger partial charge is 0.233 e. The van der Waals surface area contributed by atoms with Gasteiger partial charge in [-0.25, -0.2) is 9.97 Å². The average Bonchev–Trinajstić information content (AvgIpc) is 3.21. The number of anilines is 1. The molecule has 3 heterocycles. The summed E-state index contributed by atoms with van der Waals surface area (Å²) in [6, 6.07) is 10.1. The van der Waals surface area contributed by atoms with E-state index in [-0.39, 0.29) is 6.23 Å². The average molecular weight is 374 g/mol. The van der Waals surface area contributed by atoms with Crippen LogP contribution < -0.4 is 4.90 Å². The van der Waals surface area contributed by atoms with Crippen LogP contribution in [0.25, 0.3) is 22.2 Å². The summed E-state index contributed by atoms with van der Waals surface area (Å²) in [4.78, 5) is 10.9. The van der Waals surface area contributed by atoms with Crippen molar-refractivity contribution >= 4 is 32.8 Å². The lowest BCUT2D eigenvalue weighted by atomic mass is 10.1. The number of aromatic nitrogens is 2. The number of ether oxygens (including phenoxy) is 1. The van der Waals surface area contributed by atoms with Crippen molar-refractivity contribution in [2.24, 2.45) is 0 Å². The van der Waals surface area contributed by atoms with E-state index < -0.39 is 0 Å². The van der Waals surface area contributed by atoms with Crippen molar-refractivity contribution in [2.75, 3.05) is 18.6 Å². The predicted octanol–water partition coefficient (Wildman–Crippen LogP) is 4.23. The van der Waals surface area contributed by atoms with Crippen molar-refractivity contribution in [2.45, 2.75) is 19.1 Å². The highest BCUT2D eigenvalue weighted by molar-refractivity contribution is 9.10. The Labute approximate surface area is 142 Å². The summed E-state index contributed by atoms with van der Waals surface area (Å²) in [5.74, 6) is 0.829. The third-order valence-corrected chi connectivity index (χ3v) is 4.72. The molecule has 2 aromatic heterocycles. The number of fused-ring (bicyclic) bond motifs is 1. The highest BCUT2D eigenvalue weighted by Gasteiger charge is 2.26. The summed E-state index contributed by atoms with van der Waals surface area (Å²) in [5.41, 5.74) is 2.61. The van der Waals surface area contributed by atoms with Crippen LogP contribution in [0.1, 0.15) is 12.8 Å². The molecule has 118 valence electrons. The first-order chi connectivity index (χ1) is 11.3. The van der Waals surface area contributed by atoms with Gasteiger partial charge in [-0.3, -0.25) is 0 Å². The molecule has 1 aliphatic heterocycles. The Morgan fingerprint density at radius 2 is 2.04 bits per heavy atom. The van der Waals surface area contributed by atoms with Crippen molar-refractivity contribution in [3.05, 3.63) is 41.3 Å². The van der Waals surface area contributed by atoms with Crippen molar-refractivity contribution in [1.29, 1.82) is 0 Å². The molecule has 0 N–H and O–H groups in total. The Hall–Kier alpha value is -1.92. The lowest BCUT2D eigenvalue weighted by Crippen LogP contribution is -2.31. The van der Waals surface area contributed by atoms with E-state index in [0.29, 0.717) is 10.4 Å². The minimum Gasteiger partial charge on any atom is -0.430 e. The van der Waals surface area contributed by atoms with Gasteiger partial charge in [0, 0.05) is 19.2 Å². The second-order valence-electron chi connectivity index (χ2n) is 5.57. The Bertz CT molecular complexity index is 828. The third-order valence-electron chi connectivity index (χ3n) is 4.16. The molecule has 4 rings (SSSR count). The van der Waals surface area contributed by atoms with Crippen molar-refractivity contribution < 1.29 is 9.15 Å². The standard InChI is InChI=1S/C17H16BrN3O2/c1-21(12-8-5-9-22-12)16-14-13(11-6-3-2-4-7-11)15(18)23-17(14)20-10-19-16/h2-4,6-7,10,12H,5,8-9H2,1H3.